The van der Waals surface area contributed by atoms with E-state index in [9.17, 15) is 13.2 Å². The number of nitrogens with one attached hydrogen (secondary N) is 1. The second-order valence-electron chi connectivity index (χ2n) is 3.88. The number of carbonyl (C=O) groups is 1. The minimum Gasteiger partial charge on any atom is -0.348 e. The van der Waals surface area contributed by atoms with Crippen LogP contribution in [0.1, 0.15) is 15.9 Å². The molecule has 0 saturated heterocycles. The van der Waals surface area contributed by atoms with Crippen molar-refractivity contribution in [3.63, 3.8) is 0 Å². The summed E-state index contributed by atoms with van der Waals surface area (Å²) >= 11 is 1.45. The molecule has 0 spiro atoms. The maximum absolute atomic E-state index is 11.7. The molecule has 0 aliphatic carbocycles. The summed E-state index contributed by atoms with van der Waals surface area (Å²) in [5.41, 5.74) is 1.42. The van der Waals surface area contributed by atoms with Crippen molar-refractivity contribution in [1.82, 2.24) is 5.32 Å². The van der Waals surface area contributed by atoms with Crippen LogP contribution in [0.4, 0.5) is 0 Å². The lowest BCUT2D eigenvalue weighted by Crippen LogP contribution is -2.22. The molecule has 100 valence electrons. The van der Waals surface area contributed by atoms with Crippen LogP contribution in [-0.4, -0.2) is 14.3 Å². The molecule has 5 nitrogen and oxygen atoms in total. The SMILES string of the molecule is NS(=O)(=O)c1ccc(CNC(=O)c2ccsc2)cc1. The normalized spacial score (nSPS) is 11.2. The van der Waals surface area contributed by atoms with E-state index in [1.54, 1.807) is 23.6 Å². The minimum absolute atomic E-state index is 0.0559. The maximum atomic E-state index is 11.7. The Morgan fingerprint density at radius 1 is 1.21 bits per heavy atom. The van der Waals surface area contributed by atoms with Gasteiger partial charge in [-0.2, -0.15) is 11.3 Å². The first-order chi connectivity index (χ1) is 8.97. The number of hydrogen-bond donors (Lipinski definition) is 2. The Morgan fingerprint density at radius 2 is 1.89 bits per heavy atom. The Labute approximate surface area is 115 Å². The number of benzene rings is 1. The highest BCUT2D eigenvalue weighted by molar-refractivity contribution is 7.89. The summed E-state index contributed by atoms with van der Waals surface area (Å²) in [6.07, 6.45) is 0. The molecule has 3 N–H and O–H groups in total. The maximum Gasteiger partial charge on any atom is 0.252 e. The standard InChI is InChI=1S/C12H12N2O3S2/c13-19(16,17)11-3-1-9(2-4-11)7-14-12(15)10-5-6-18-8-10/h1-6,8H,7H2,(H,14,15)(H2,13,16,17). The number of hydrogen-bond acceptors (Lipinski definition) is 4. The van der Waals surface area contributed by atoms with Crippen LogP contribution in [-0.2, 0) is 16.6 Å². The Morgan fingerprint density at radius 3 is 2.42 bits per heavy atom. The summed E-state index contributed by atoms with van der Waals surface area (Å²) in [5.74, 6) is -0.156. The predicted octanol–water partition coefficient (Wildman–Crippen LogP) is 1.33. The van der Waals surface area contributed by atoms with E-state index in [4.69, 9.17) is 5.14 Å². The van der Waals surface area contributed by atoms with E-state index < -0.39 is 10.0 Å². The zero-order valence-corrected chi connectivity index (χ0v) is 11.5. The van der Waals surface area contributed by atoms with Gasteiger partial charge in [0, 0.05) is 17.5 Å². The molecule has 1 heterocycles. The number of amides is 1. The van der Waals surface area contributed by atoms with Gasteiger partial charge in [-0.3, -0.25) is 4.79 Å². The summed E-state index contributed by atoms with van der Waals surface area (Å²) in [6, 6.07) is 7.81. The molecule has 1 aromatic heterocycles. The molecular formula is C12H12N2O3S2. The second-order valence-corrected chi connectivity index (χ2v) is 6.23. The fraction of sp³-hybridized carbons (Fsp3) is 0.0833. The molecule has 0 bridgehead atoms. The molecule has 2 aromatic rings. The first-order valence-electron chi connectivity index (χ1n) is 5.39. The highest BCUT2D eigenvalue weighted by atomic mass is 32.2. The van der Waals surface area contributed by atoms with Crippen LogP contribution in [0, 0.1) is 0 Å². The first-order valence-corrected chi connectivity index (χ1v) is 7.88. The Bertz CT molecular complexity index is 662. The van der Waals surface area contributed by atoms with Crippen molar-refractivity contribution in [2.75, 3.05) is 0 Å². The van der Waals surface area contributed by atoms with Crippen LogP contribution in [0.25, 0.3) is 0 Å². The molecule has 19 heavy (non-hydrogen) atoms. The van der Waals surface area contributed by atoms with E-state index in [1.165, 1.54) is 23.5 Å². The van der Waals surface area contributed by atoms with Crippen molar-refractivity contribution < 1.29 is 13.2 Å². The van der Waals surface area contributed by atoms with Crippen molar-refractivity contribution >= 4 is 27.3 Å². The Hall–Kier alpha value is -1.70. The van der Waals surface area contributed by atoms with Crippen molar-refractivity contribution in [2.45, 2.75) is 11.4 Å². The van der Waals surface area contributed by atoms with Gasteiger partial charge < -0.3 is 5.32 Å². The summed E-state index contributed by atoms with van der Waals surface area (Å²) < 4.78 is 22.1. The van der Waals surface area contributed by atoms with E-state index in [1.807, 2.05) is 5.38 Å². The highest BCUT2D eigenvalue weighted by Gasteiger charge is 2.08. The third-order valence-corrected chi connectivity index (χ3v) is 4.10. The van der Waals surface area contributed by atoms with Gasteiger partial charge in [0.2, 0.25) is 10.0 Å². The third kappa shape index (κ3) is 3.63. The molecule has 0 saturated carbocycles. The smallest absolute Gasteiger partial charge is 0.252 e. The largest absolute Gasteiger partial charge is 0.348 e. The second kappa shape index (κ2) is 5.52. The van der Waals surface area contributed by atoms with Crippen molar-refractivity contribution in [1.29, 1.82) is 0 Å². The van der Waals surface area contributed by atoms with Gasteiger partial charge in [0.05, 0.1) is 4.90 Å². The van der Waals surface area contributed by atoms with Gasteiger partial charge in [-0.1, -0.05) is 12.1 Å². The monoisotopic (exact) mass is 296 g/mol. The molecule has 0 unspecified atom stereocenters. The van der Waals surface area contributed by atoms with E-state index >= 15 is 0 Å². The molecule has 0 aliphatic heterocycles. The van der Waals surface area contributed by atoms with E-state index in [-0.39, 0.29) is 10.8 Å². The van der Waals surface area contributed by atoms with Crippen molar-refractivity contribution in [2.24, 2.45) is 5.14 Å². The van der Waals surface area contributed by atoms with E-state index in [0.29, 0.717) is 12.1 Å². The molecule has 7 heteroatoms. The molecule has 0 atom stereocenters. The van der Waals surface area contributed by atoms with E-state index in [0.717, 1.165) is 5.56 Å². The fourth-order valence-electron chi connectivity index (χ4n) is 1.48. The van der Waals surface area contributed by atoms with E-state index in [2.05, 4.69) is 5.32 Å². The van der Waals surface area contributed by atoms with Crippen LogP contribution >= 0.6 is 11.3 Å². The molecular weight excluding hydrogens is 284 g/mol. The van der Waals surface area contributed by atoms with Gasteiger partial charge >= 0.3 is 0 Å². The molecule has 0 fully saturated rings. The minimum atomic E-state index is -3.67. The number of rotatable bonds is 4. The number of thiophene rings is 1. The number of carbonyl (C=O) groups excluding carboxylic acids is 1. The summed E-state index contributed by atoms with van der Waals surface area (Å²) in [6.45, 7) is 0.333. The zero-order chi connectivity index (χ0) is 13.9. The molecule has 1 aromatic carbocycles. The van der Waals surface area contributed by atoms with Gasteiger partial charge in [-0.15, -0.1) is 0 Å². The topological polar surface area (TPSA) is 89.3 Å². The van der Waals surface area contributed by atoms with Gasteiger partial charge in [0.25, 0.3) is 5.91 Å². The highest BCUT2D eigenvalue weighted by Crippen LogP contribution is 2.09. The predicted molar refractivity (Wildman–Crippen MR) is 73.3 cm³/mol. The van der Waals surface area contributed by atoms with Crippen LogP contribution in [0.5, 0.6) is 0 Å². The zero-order valence-electron chi connectivity index (χ0n) is 9.87. The summed E-state index contributed by atoms with van der Waals surface area (Å²) in [4.78, 5) is 11.7. The Kier molecular flexibility index (Phi) is 3.98. The summed E-state index contributed by atoms with van der Waals surface area (Å²) in [7, 11) is -3.67. The average molecular weight is 296 g/mol. The number of nitrogens with two attached hydrogens (primary N) is 1. The van der Waals surface area contributed by atoms with Gasteiger partial charge in [-0.05, 0) is 29.1 Å². The van der Waals surface area contributed by atoms with Crippen LogP contribution in [0.3, 0.4) is 0 Å². The lowest BCUT2D eigenvalue weighted by Gasteiger charge is -2.05. The Balaban J connectivity index is 1.99. The van der Waals surface area contributed by atoms with Gasteiger partial charge in [0.1, 0.15) is 0 Å². The molecule has 0 radical (unpaired) electrons. The van der Waals surface area contributed by atoms with Crippen molar-refractivity contribution in [3.05, 3.63) is 52.2 Å². The fourth-order valence-corrected chi connectivity index (χ4v) is 2.63. The van der Waals surface area contributed by atoms with Gasteiger partial charge in [0.15, 0.2) is 0 Å². The lowest BCUT2D eigenvalue weighted by atomic mass is 10.2. The first kappa shape index (κ1) is 13.7. The lowest BCUT2D eigenvalue weighted by molar-refractivity contribution is 0.0951. The van der Waals surface area contributed by atoms with Crippen LogP contribution in [0.2, 0.25) is 0 Å². The van der Waals surface area contributed by atoms with Crippen LogP contribution in [0.15, 0.2) is 46.0 Å². The number of sulfonamides is 1. The molecule has 0 aliphatic rings. The van der Waals surface area contributed by atoms with Crippen LogP contribution < -0.4 is 10.5 Å². The van der Waals surface area contributed by atoms with Crippen molar-refractivity contribution in [3.8, 4) is 0 Å². The molecule has 1 amide bonds. The average Bonchev–Trinajstić information content (AvgIpc) is 2.89. The molecule has 2 rings (SSSR count). The van der Waals surface area contributed by atoms with Gasteiger partial charge in [-0.25, -0.2) is 13.6 Å². The third-order valence-electron chi connectivity index (χ3n) is 2.49. The quantitative estimate of drug-likeness (QED) is 0.892. The number of primary sulfonamides is 1. The summed E-state index contributed by atoms with van der Waals surface area (Å²) in [5, 5.41) is 11.3.